The number of nitro benzene ring substituents is 1. The maximum atomic E-state index is 12.3. The first-order chi connectivity index (χ1) is 18.7. The molecule has 1 saturated heterocycles. The van der Waals surface area contributed by atoms with Gasteiger partial charge in [0.05, 0.1) is 29.5 Å². The van der Waals surface area contributed by atoms with Gasteiger partial charge in [-0.1, -0.05) is 32.9 Å². The summed E-state index contributed by atoms with van der Waals surface area (Å²) in [6, 6.07) is 6.28. The number of nitro groups is 1. The smallest absolute Gasteiger partial charge is 0.280 e. The molecule has 0 spiro atoms. The van der Waals surface area contributed by atoms with Gasteiger partial charge in [0.2, 0.25) is 5.95 Å². The summed E-state index contributed by atoms with van der Waals surface area (Å²) in [5.74, 6) is -0.145. The van der Waals surface area contributed by atoms with Gasteiger partial charge in [0, 0.05) is 19.4 Å². The molecule has 0 bridgehead atoms. The van der Waals surface area contributed by atoms with Gasteiger partial charge in [-0.05, 0) is 11.5 Å². The third-order valence-corrected chi connectivity index (χ3v) is 7.06. The van der Waals surface area contributed by atoms with Gasteiger partial charge in [0.1, 0.15) is 25.1 Å². The van der Waals surface area contributed by atoms with Crippen molar-refractivity contribution in [3.05, 3.63) is 56.6 Å². The highest BCUT2D eigenvalue weighted by molar-refractivity contribution is 7.57. The van der Waals surface area contributed by atoms with Gasteiger partial charge in [-0.3, -0.25) is 29.0 Å². The van der Waals surface area contributed by atoms with Crippen molar-refractivity contribution in [2.45, 2.75) is 51.4 Å². The Labute approximate surface area is 229 Å². The molecule has 2 aromatic heterocycles. The Bertz CT molecular complexity index is 1480. The Balaban J connectivity index is 1.62. The molecule has 3 heterocycles. The Hall–Kier alpha value is -3.20. The number of imidazole rings is 1. The van der Waals surface area contributed by atoms with Crippen LogP contribution in [0.4, 0.5) is 11.6 Å². The molecular formula is C24H33N6O9P. The lowest BCUT2D eigenvalue weighted by Crippen LogP contribution is -2.37. The summed E-state index contributed by atoms with van der Waals surface area (Å²) in [5, 5.41) is 22.8. The number of hydrogen-bond donors (Lipinski definition) is 3. The number of rotatable bonds is 10. The Morgan fingerprint density at radius 2 is 2.02 bits per heavy atom. The van der Waals surface area contributed by atoms with Crippen LogP contribution in [0.2, 0.25) is 0 Å². The molecule has 40 heavy (non-hydrogen) atoms. The minimum absolute atomic E-state index is 0.00205. The molecule has 218 valence electrons. The van der Waals surface area contributed by atoms with Gasteiger partial charge in [-0.15, -0.1) is 0 Å². The Morgan fingerprint density at radius 3 is 2.67 bits per heavy atom. The minimum atomic E-state index is -2.90. The van der Waals surface area contributed by atoms with Gasteiger partial charge < -0.3 is 29.6 Å². The minimum Gasteiger partial charge on any atom is -0.387 e. The van der Waals surface area contributed by atoms with Crippen LogP contribution < -0.4 is 11.3 Å². The molecule has 1 aliphatic heterocycles. The molecule has 1 aliphatic rings. The van der Waals surface area contributed by atoms with E-state index in [4.69, 9.17) is 24.5 Å². The molecule has 0 aliphatic carbocycles. The number of hydrogen-bond acceptors (Lipinski definition) is 12. The number of anilines is 1. The van der Waals surface area contributed by atoms with E-state index in [9.17, 15) is 24.6 Å². The summed E-state index contributed by atoms with van der Waals surface area (Å²) in [5.41, 5.74) is 4.98. The SMILES string of the molecule is CC(C)(C)C(OCO[C@H]1C(O)[C@@H](COP(C)(C)=O)O[C@H]1n1cnc2c(=O)[nH]c(N)nc21)c1ccccc1[N+](=O)[O-]. The fraction of sp³-hybridized carbons (Fsp3) is 0.542. The number of fused-ring (bicyclic) bond motifs is 1. The predicted molar refractivity (Wildman–Crippen MR) is 144 cm³/mol. The predicted octanol–water partition coefficient (Wildman–Crippen LogP) is 2.57. The van der Waals surface area contributed by atoms with Crippen molar-refractivity contribution in [1.29, 1.82) is 0 Å². The average molecular weight is 581 g/mol. The van der Waals surface area contributed by atoms with Gasteiger partial charge in [-0.25, -0.2) is 4.98 Å². The van der Waals surface area contributed by atoms with E-state index >= 15 is 0 Å². The summed E-state index contributed by atoms with van der Waals surface area (Å²) in [4.78, 5) is 34.1. The number of benzene rings is 1. The fourth-order valence-electron chi connectivity index (χ4n) is 4.51. The number of aromatic nitrogens is 4. The summed E-state index contributed by atoms with van der Waals surface area (Å²) in [7, 11) is -2.90. The molecule has 1 fully saturated rings. The number of aliphatic hydroxyl groups is 1. The van der Waals surface area contributed by atoms with E-state index in [0.29, 0.717) is 5.56 Å². The summed E-state index contributed by atoms with van der Waals surface area (Å²) >= 11 is 0. The Morgan fingerprint density at radius 1 is 1.32 bits per heavy atom. The van der Waals surface area contributed by atoms with E-state index in [1.54, 1.807) is 18.2 Å². The first-order valence-electron chi connectivity index (χ1n) is 12.4. The molecule has 0 saturated carbocycles. The van der Waals surface area contributed by atoms with E-state index in [2.05, 4.69) is 15.0 Å². The summed E-state index contributed by atoms with van der Waals surface area (Å²) in [6.45, 7) is 7.90. The summed E-state index contributed by atoms with van der Waals surface area (Å²) < 4.78 is 37.0. The third kappa shape index (κ3) is 6.40. The first kappa shape index (κ1) is 29.8. The Kier molecular flexibility index (Phi) is 8.45. The summed E-state index contributed by atoms with van der Waals surface area (Å²) in [6.07, 6.45) is -3.83. The number of nitrogens with zero attached hydrogens (tertiary/aromatic N) is 4. The molecule has 0 amide bonds. The van der Waals surface area contributed by atoms with Crippen LogP contribution in [0, 0.1) is 15.5 Å². The number of nitrogens with one attached hydrogen (secondary N) is 1. The van der Waals surface area contributed by atoms with Crippen molar-refractivity contribution in [2.24, 2.45) is 5.41 Å². The van der Waals surface area contributed by atoms with Crippen LogP contribution in [-0.2, 0) is 23.3 Å². The van der Waals surface area contributed by atoms with Crippen molar-refractivity contribution in [2.75, 3.05) is 32.5 Å². The monoisotopic (exact) mass is 580 g/mol. The van der Waals surface area contributed by atoms with Gasteiger partial charge in [-0.2, -0.15) is 4.98 Å². The average Bonchev–Trinajstić information content (AvgIpc) is 3.40. The number of H-pyrrole nitrogens is 1. The van der Waals surface area contributed by atoms with Crippen LogP contribution in [-0.4, -0.2) is 74.6 Å². The second kappa shape index (κ2) is 11.4. The number of nitrogens with two attached hydrogens (primary N) is 1. The van der Waals surface area contributed by atoms with Crippen molar-refractivity contribution in [3.8, 4) is 0 Å². The standard InChI is InChI=1S/C24H33N6O9P/c1-24(2,3)19(13-8-6-7-9-14(13)30(33)34)37-12-36-18-17(31)15(10-38-40(4,5)35)39-22(18)29-11-26-16-20(29)27-23(25)28-21(16)32/h6-9,11,15,17-19,22,31H,10,12H2,1-5H3,(H3,25,27,28,32)/t15-,17?,18+,19?,22-/m1/s1. The second-order valence-electron chi connectivity index (χ2n) is 10.9. The molecule has 4 N–H and O–H groups in total. The van der Waals surface area contributed by atoms with Crippen LogP contribution in [0.15, 0.2) is 35.4 Å². The van der Waals surface area contributed by atoms with Crippen LogP contribution in [0.1, 0.15) is 38.7 Å². The quantitative estimate of drug-likeness (QED) is 0.137. The zero-order valence-electron chi connectivity index (χ0n) is 22.7. The van der Waals surface area contributed by atoms with Crippen molar-refractivity contribution < 1.29 is 33.3 Å². The van der Waals surface area contributed by atoms with Crippen LogP contribution in [0.5, 0.6) is 0 Å². The maximum absolute atomic E-state index is 12.3. The number of aromatic amines is 1. The van der Waals surface area contributed by atoms with Gasteiger partial charge >= 0.3 is 0 Å². The highest BCUT2D eigenvalue weighted by Crippen LogP contribution is 2.42. The lowest BCUT2D eigenvalue weighted by molar-refractivity contribution is -0.386. The van der Waals surface area contributed by atoms with E-state index in [1.807, 2.05) is 20.8 Å². The van der Waals surface area contributed by atoms with Crippen LogP contribution >= 0.6 is 7.37 Å². The third-order valence-electron chi connectivity index (χ3n) is 6.28. The van der Waals surface area contributed by atoms with Crippen LogP contribution in [0.25, 0.3) is 11.2 Å². The van der Waals surface area contributed by atoms with E-state index in [1.165, 1.54) is 30.3 Å². The molecule has 2 unspecified atom stereocenters. The van der Waals surface area contributed by atoms with Gasteiger partial charge in [0.15, 0.2) is 24.8 Å². The second-order valence-corrected chi connectivity index (χ2v) is 13.6. The van der Waals surface area contributed by atoms with Crippen LogP contribution in [0.3, 0.4) is 0 Å². The van der Waals surface area contributed by atoms with Crippen molar-refractivity contribution in [1.82, 2.24) is 19.5 Å². The maximum Gasteiger partial charge on any atom is 0.280 e. The highest BCUT2D eigenvalue weighted by atomic mass is 31.2. The van der Waals surface area contributed by atoms with Gasteiger partial charge in [0.25, 0.3) is 11.2 Å². The number of ether oxygens (including phenoxy) is 3. The van der Waals surface area contributed by atoms with E-state index in [0.717, 1.165) is 0 Å². The fourth-order valence-corrected chi connectivity index (χ4v) is 5.02. The molecular weight excluding hydrogens is 547 g/mol. The highest BCUT2D eigenvalue weighted by Gasteiger charge is 2.47. The first-order valence-corrected chi connectivity index (χ1v) is 14.9. The largest absolute Gasteiger partial charge is 0.387 e. The normalized spacial score (nSPS) is 22.6. The number of para-hydroxylation sites is 1. The molecule has 15 nitrogen and oxygen atoms in total. The molecule has 1 aromatic carbocycles. The van der Waals surface area contributed by atoms with E-state index in [-0.39, 0.29) is 36.2 Å². The molecule has 0 radical (unpaired) electrons. The zero-order chi connectivity index (χ0) is 29.4. The molecule has 5 atom stereocenters. The lowest BCUT2D eigenvalue weighted by Gasteiger charge is -2.31. The zero-order valence-corrected chi connectivity index (χ0v) is 23.6. The molecule has 3 aromatic rings. The van der Waals surface area contributed by atoms with Crippen molar-refractivity contribution >= 4 is 30.2 Å². The van der Waals surface area contributed by atoms with E-state index < -0.39 is 53.9 Å². The lowest BCUT2D eigenvalue weighted by atomic mass is 9.84. The molecule has 4 rings (SSSR count). The number of nitrogen functional groups attached to an aromatic ring is 1. The topological polar surface area (TPSA) is 207 Å². The number of aliphatic hydroxyl groups excluding tert-OH is 1. The molecule has 16 heteroatoms. The van der Waals surface area contributed by atoms with Crippen molar-refractivity contribution in [3.63, 3.8) is 0 Å².